The fourth-order valence-electron chi connectivity index (χ4n) is 1.50. The summed E-state index contributed by atoms with van der Waals surface area (Å²) in [4.78, 5) is 0. The zero-order chi connectivity index (χ0) is 11.5. The summed E-state index contributed by atoms with van der Waals surface area (Å²) in [6.07, 6.45) is 0. The summed E-state index contributed by atoms with van der Waals surface area (Å²) in [6, 6.07) is 8.01. The highest BCUT2D eigenvalue weighted by molar-refractivity contribution is 5.38. The highest BCUT2D eigenvalue weighted by Crippen LogP contribution is 2.33. The van der Waals surface area contributed by atoms with Gasteiger partial charge >= 0.3 is 0 Å². The van der Waals surface area contributed by atoms with Crippen LogP contribution in [0.15, 0.2) is 24.3 Å². The van der Waals surface area contributed by atoms with Crippen molar-refractivity contribution in [1.29, 1.82) is 0 Å². The van der Waals surface area contributed by atoms with Crippen molar-refractivity contribution in [1.82, 2.24) is 0 Å². The van der Waals surface area contributed by atoms with Gasteiger partial charge in [0.05, 0.1) is 6.61 Å². The van der Waals surface area contributed by atoms with E-state index in [1.807, 2.05) is 31.2 Å². The number of hydrogen-bond donors (Lipinski definition) is 1. The van der Waals surface area contributed by atoms with Gasteiger partial charge < -0.3 is 10.5 Å². The van der Waals surface area contributed by atoms with Gasteiger partial charge in [-0.25, -0.2) is 0 Å². The molecule has 0 aliphatic heterocycles. The Labute approximate surface area is 92.4 Å². The van der Waals surface area contributed by atoms with Gasteiger partial charge in [0.15, 0.2) is 0 Å². The van der Waals surface area contributed by atoms with Crippen molar-refractivity contribution in [2.45, 2.75) is 33.2 Å². The maximum Gasteiger partial charge on any atom is 0.124 e. The summed E-state index contributed by atoms with van der Waals surface area (Å²) in [5.41, 5.74) is 7.08. The van der Waals surface area contributed by atoms with Crippen molar-refractivity contribution in [3.8, 4) is 5.75 Å². The third-order valence-corrected chi connectivity index (χ3v) is 2.97. The predicted molar refractivity (Wildman–Crippen MR) is 64.0 cm³/mol. The largest absolute Gasteiger partial charge is 0.494 e. The molecule has 15 heavy (non-hydrogen) atoms. The molecule has 0 aromatic heterocycles. The van der Waals surface area contributed by atoms with E-state index in [4.69, 9.17) is 10.5 Å². The lowest BCUT2D eigenvalue weighted by Crippen LogP contribution is -2.38. The first-order valence-corrected chi connectivity index (χ1v) is 5.51. The molecule has 2 N–H and O–H groups in total. The second-order valence-electron chi connectivity index (χ2n) is 4.37. The molecule has 1 rings (SSSR count). The van der Waals surface area contributed by atoms with Crippen LogP contribution in [0.3, 0.4) is 0 Å². The van der Waals surface area contributed by atoms with Gasteiger partial charge in [-0.2, -0.15) is 0 Å². The van der Waals surface area contributed by atoms with Crippen LogP contribution >= 0.6 is 0 Å². The van der Waals surface area contributed by atoms with Gasteiger partial charge in [0.25, 0.3) is 0 Å². The summed E-state index contributed by atoms with van der Waals surface area (Å²) in [6.45, 7) is 8.96. The first-order valence-electron chi connectivity index (χ1n) is 5.51. The van der Waals surface area contributed by atoms with Crippen molar-refractivity contribution < 1.29 is 4.74 Å². The molecular weight excluding hydrogens is 186 g/mol. The maximum atomic E-state index is 6.33. The van der Waals surface area contributed by atoms with E-state index in [0.717, 1.165) is 11.3 Å². The quantitative estimate of drug-likeness (QED) is 0.824. The molecule has 0 heterocycles. The van der Waals surface area contributed by atoms with Gasteiger partial charge in [0, 0.05) is 11.1 Å². The van der Waals surface area contributed by atoms with Crippen LogP contribution in [0.1, 0.15) is 33.3 Å². The van der Waals surface area contributed by atoms with Crippen LogP contribution in [0.2, 0.25) is 0 Å². The molecule has 2 nitrogen and oxygen atoms in total. The van der Waals surface area contributed by atoms with E-state index < -0.39 is 0 Å². The summed E-state index contributed by atoms with van der Waals surface area (Å²) in [7, 11) is 0. The molecule has 0 saturated heterocycles. The normalized spacial score (nSPS) is 15.1. The predicted octanol–water partition coefficient (Wildman–Crippen LogP) is 2.92. The summed E-state index contributed by atoms with van der Waals surface area (Å²) in [5, 5.41) is 0. The summed E-state index contributed by atoms with van der Waals surface area (Å²) < 4.78 is 5.59. The Bertz CT molecular complexity index is 318. The van der Waals surface area contributed by atoms with Gasteiger partial charge in [-0.1, -0.05) is 32.0 Å². The molecular formula is C13H21NO. The van der Waals surface area contributed by atoms with Gasteiger partial charge in [-0.3, -0.25) is 0 Å². The molecule has 0 saturated carbocycles. The van der Waals surface area contributed by atoms with Crippen molar-refractivity contribution in [2.24, 2.45) is 11.7 Å². The summed E-state index contributed by atoms with van der Waals surface area (Å²) >= 11 is 0. The van der Waals surface area contributed by atoms with Crippen molar-refractivity contribution in [2.75, 3.05) is 6.61 Å². The lowest BCUT2D eigenvalue weighted by molar-refractivity contribution is 0.301. The molecule has 0 aliphatic carbocycles. The Kier molecular flexibility index (Phi) is 3.75. The third-order valence-electron chi connectivity index (χ3n) is 2.97. The first-order chi connectivity index (χ1) is 7.00. The highest BCUT2D eigenvalue weighted by atomic mass is 16.5. The van der Waals surface area contributed by atoms with E-state index in [1.54, 1.807) is 0 Å². The minimum Gasteiger partial charge on any atom is -0.494 e. The van der Waals surface area contributed by atoms with E-state index in [2.05, 4.69) is 20.8 Å². The maximum absolute atomic E-state index is 6.33. The molecule has 0 aliphatic rings. The number of ether oxygens (including phenoxy) is 1. The Morgan fingerprint density at radius 1 is 1.33 bits per heavy atom. The molecule has 1 aromatic carbocycles. The molecule has 84 valence electrons. The van der Waals surface area contributed by atoms with Gasteiger partial charge in [0.2, 0.25) is 0 Å². The molecule has 0 amide bonds. The van der Waals surface area contributed by atoms with E-state index >= 15 is 0 Å². The Morgan fingerprint density at radius 3 is 2.47 bits per heavy atom. The number of rotatable bonds is 4. The second kappa shape index (κ2) is 4.67. The smallest absolute Gasteiger partial charge is 0.124 e. The molecule has 1 aromatic rings. The molecule has 0 fully saturated rings. The van der Waals surface area contributed by atoms with E-state index in [0.29, 0.717) is 12.5 Å². The van der Waals surface area contributed by atoms with Crippen molar-refractivity contribution in [3.05, 3.63) is 29.8 Å². The van der Waals surface area contributed by atoms with Crippen LogP contribution < -0.4 is 10.5 Å². The molecule has 1 atom stereocenters. The van der Waals surface area contributed by atoms with Crippen LogP contribution in [0, 0.1) is 5.92 Å². The zero-order valence-corrected chi connectivity index (χ0v) is 10.1. The van der Waals surface area contributed by atoms with E-state index in [9.17, 15) is 0 Å². The molecule has 2 heteroatoms. The second-order valence-corrected chi connectivity index (χ2v) is 4.37. The van der Waals surface area contributed by atoms with Crippen LogP contribution in [-0.4, -0.2) is 6.61 Å². The fraction of sp³-hybridized carbons (Fsp3) is 0.538. The minimum absolute atomic E-state index is 0.342. The minimum atomic E-state index is -0.342. The van der Waals surface area contributed by atoms with Crippen LogP contribution in [0.25, 0.3) is 0 Å². The van der Waals surface area contributed by atoms with Crippen molar-refractivity contribution >= 4 is 0 Å². The van der Waals surface area contributed by atoms with Crippen molar-refractivity contribution in [3.63, 3.8) is 0 Å². The number of hydrogen-bond acceptors (Lipinski definition) is 2. The van der Waals surface area contributed by atoms with Gasteiger partial charge in [-0.15, -0.1) is 0 Å². The average molecular weight is 207 g/mol. The molecule has 0 spiro atoms. The van der Waals surface area contributed by atoms with E-state index in [-0.39, 0.29) is 5.54 Å². The summed E-state index contributed by atoms with van der Waals surface area (Å²) in [5.74, 6) is 1.28. The van der Waals surface area contributed by atoms with Crippen LogP contribution in [0.4, 0.5) is 0 Å². The highest BCUT2D eigenvalue weighted by Gasteiger charge is 2.28. The van der Waals surface area contributed by atoms with Crippen LogP contribution in [-0.2, 0) is 5.54 Å². The Balaban J connectivity index is 3.12. The SMILES string of the molecule is CCOc1ccccc1C(C)(N)C(C)C. The zero-order valence-electron chi connectivity index (χ0n) is 10.1. The Morgan fingerprint density at radius 2 is 1.93 bits per heavy atom. The number of para-hydroxylation sites is 1. The molecule has 1 unspecified atom stereocenters. The third kappa shape index (κ3) is 2.51. The standard InChI is InChI=1S/C13H21NO/c1-5-15-12-9-7-6-8-11(12)13(4,14)10(2)3/h6-10H,5,14H2,1-4H3. The van der Waals surface area contributed by atoms with Crippen LogP contribution in [0.5, 0.6) is 5.75 Å². The molecule has 0 radical (unpaired) electrons. The van der Waals surface area contributed by atoms with Gasteiger partial charge in [-0.05, 0) is 25.8 Å². The lowest BCUT2D eigenvalue weighted by Gasteiger charge is -2.31. The average Bonchev–Trinajstić information content (AvgIpc) is 2.18. The Hall–Kier alpha value is -1.02. The van der Waals surface area contributed by atoms with E-state index in [1.165, 1.54) is 0 Å². The first kappa shape index (κ1) is 12.1. The monoisotopic (exact) mass is 207 g/mol. The number of benzene rings is 1. The topological polar surface area (TPSA) is 35.2 Å². The lowest BCUT2D eigenvalue weighted by atomic mass is 9.82. The molecule has 0 bridgehead atoms. The number of nitrogens with two attached hydrogens (primary N) is 1. The van der Waals surface area contributed by atoms with Gasteiger partial charge in [0.1, 0.15) is 5.75 Å². The fourth-order valence-corrected chi connectivity index (χ4v) is 1.50.